The topological polar surface area (TPSA) is 68.0 Å². The first-order chi connectivity index (χ1) is 9.70. The molecule has 0 aliphatic heterocycles. The van der Waals surface area contributed by atoms with Crippen molar-refractivity contribution in [1.82, 2.24) is 15.0 Å². The molecule has 0 saturated heterocycles. The first-order valence-corrected chi connectivity index (χ1v) is 6.13. The average molecular weight is 340 g/mol. The van der Waals surface area contributed by atoms with Crippen LogP contribution in [0.2, 0.25) is 10.0 Å². The molecule has 0 fully saturated rings. The number of carbonyl (C=O) groups is 1. The summed E-state index contributed by atoms with van der Waals surface area (Å²) in [5.74, 6) is -1.81. The monoisotopic (exact) mass is 339 g/mol. The fraction of sp³-hybridized carbons (Fsp3) is 0.182. The first kappa shape index (κ1) is 15.6. The second-order valence-electron chi connectivity index (χ2n) is 3.98. The smallest absolute Gasteiger partial charge is 0.435 e. The largest absolute Gasteiger partial charge is 0.476 e. The van der Waals surface area contributed by atoms with Gasteiger partial charge in [0.25, 0.3) is 0 Å². The van der Waals surface area contributed by atoms with E-state index in [4.69, 9.17) is 28.3 Å². The van der Waals surface area contributed by atoms with Crippen LogP contribution >= 0.6 is 23.2 Å². The maximum Gasteiger partial charge on any atom is 0.435 e. The molecule has 112 valence electrons. The molecule has 21 heavy (non-hydrogen) atoms. The molecule has 0 amide bonds. The Morgan fingerprint density at radius 1 is 1.33 bits per heavy atom. The van der Waals surface area contributed by atoms with Crippen molar-refractivity contribution in [2.45, 2.75) is 12.7 Å². The Bertz CT molecular complexity index is 701. The summed E-state index contributed by atoms with van der Waals surface area (Å²) >= 11 is 11.6. The Morgan fingerprint density at radius 3 is 2.52 bits per heavy atom. The van der Waals surface area contributed by atoms with Crippen molar-refractivity contribution >= 4 is 29.2 Å². The van der Waals surface area contributed by atoms with Gasteiger partial charge in [0, 0.05) is 10.0 Å². The molecule has 0 unspecified atom stereocenters. The molecule has 2 rings (SSSR count). The zero-order valence-corrected chi connectivity index (χ0v) is 11.5. The quantitative estimate of drug-likeness (QED) is 0.930. The summed E-state index contributed by atoms with van der Waals surface area (Å²) < 4.78 is 39.3. The van der Waals surface area contributed by atoms with E-state index in [0.717, 1.165) is 0 Å². The molecule has 1 heterocycles. The average Bonchev–Trinajstić information content (AvgIpc) is 2.76. The van der Waals surface area contributed by atoms with Crippen molar-refractivity contribution in [1.29, 1.82) is 0 Å². The Balaban J connectivity index is 2.47. The highest BCUT2D eigenvalue weighted by atomic mass is 35.5. The molecule has 2 aromatic rings. The van der Waals surface area contributed by atoms with E-state index in [1.165, 1.54) is 18.2 Å². The Hall–Kier alpha value is -1.80. The number of aromatic carboxylic acids is 1. The second kappa shape index (κ2) is 5.53. The molecule has 0 radical (unpaired) electrons. The van der Waals surface area contributed by atoms with Gasteiger partial charge in [-0.2, -0.15) is 13.2 Å². The van der Waals surface area contributed by atoms with Gasteiger partial charge in [-0.3, -0.25) is 0 Å². The van der Waals surface area contributed by atoms with Gasteiger partial charge in [0.2, 0.25) is 5.69 Å². The van der Waals surface area contributed by atoms with E-state index < -0.39 is 23.5 Å². The minimum absolute atomic E-state index is 0.142. The third-order valence-electron chi connectivity index (χ3n) is 2.54. The molecule has 0 aliphatic rings. The Kier molecular flexibility index (Phi) is 4.11. The van der Waals surface area contributed by atoms with E-state index in [0.29, 0.717) is 15.3 Å². The van der Waals surface area contributed by atoms with Crippen LogP contribution in [0.5, 0.6) is 0 Å². The van der Waals surface area contributed by atoms with Crippen LogP contribution in [0.4, 0.5) is 13.2 Å². The standard InChI is InChI=1S/C11H6Cl2F3N3O2/c12-6-2-1-5(7(13)3-6)4-19-9(11(14,15)16)8(10(20)21)17-18-19/h1-3H,4H2,(H,20,21). The molecule has 1 aromatic heterocycles. The lowest BCUT2D eigenvalue weighted by atomic mass is 10.2. The van der Waals surface area contributed by atoms with E-state index in [-0.39, 0.29) is 11.6 Å². The highest BCUT2D eigenvalue weighted by molar-refractivity contribution is 6.35. The summed E-state index contributed by atoms with van der Waals surface area (Å²) in [7, 11) is 0. The number of halogens is 5. The van der Waals surface area contributed by atoms with Gasteiger partial charge in [-0.1, -0.05) is 34.5 Å². The number of benzene rings is 1. The van der Waals surface area contributed by atoms with E-state index in [9.17, 15) is 18.0 Å². The number of carboxylic acids is 1. The van der Waals surface area contributed by atoms with Gasteiger partial charge in [0.15, 0.2) is 5.69 Å². The third kappa shape index (κ3) is 3.27. The maximum absolute atomic E-state index is 13.0. The predicted molar refractivity (Wildman–Crippen MR) is 67.5 cm³/mol. The van der Waals surface area contributed by atoms with Crippen molar-refractivity contribution in [3.05, 3.63) is 45.2 Å². The lowest BCUT2D eigenvalue weighted by Gasteiger charge is -2.11. The Morgan fingerprint density at radius 2 is 2.00 bits per heavy atom. The summed E-state index contributed by atoms with van der Waals surface area (Å²) in [6.07, 6.45) is -4.91. The van der Waals surface area contributed by atoms with Crippen LogP contribution in [0, 0.1) is 0 Å². The molecule has 0 bridgehead atoms. The third-order valence-corrected chi connectivity index (χ3v) is 3.13. The van der Waals surface area contributed by atoms with Gasteiger partial charge >= 0.3 is 12.1 Å². The lowest BCUT2D eigenvalue weighted by molar-refractivity contribution is -0.144. The molecule has 10 heteroatoms. The van der Waals surface area contributed by atoms with Crippen LogP contribution in [0.3, 0.4) is 0 Å². The zero-order valence-electron chi connectivity index (χ0n) is 10.0. The summed E-state index contributed by atoms with van der Waals surface area (Å²) in [6.45, 7) is -0.384. The normalized spacial score (nSPS) is 11.7. The van der Waals surface area contributed by atoms with Crippen LogP contribution in [-0.2, 0) is 12.7 Å². The van der Waals surface area contributed by atoms with Crippen molar-refractivity contribution in [2.24, 2.45) is 0 Å². The minimum Gasteiger partial charge on any atom is -0.476 e. The minimum atomic E-state index is -4.91. The Labute approximate surface area is 125 Å². The molecule has 5 nitrogen and oxygen atoms in total. The highest BCUT2D eigenvalue weighted by Crippen LogP contribution is 2.32. The number of carboxylic acid groups (broad SMARTS) is 1. The number of hydrogen-bond donors (Lipinski definition) is 1. The summed E-state index contributed by atoms with van der Waals surface area (Å²) in [4.78, 5) is 10.8. The summed E-state index contributed by atoms with van der Waals surface area (Å²) in [5, 5.41) is 15.5. The van der Waals surface area contributed by atoms with Crippen molar-refractivity contribution < 1.29 is 23.1 Å². The summed E-state index contributed by atoms with van der Waals surface area (Å²) in [5.41, 5.74) is -2.30. The van der Waals surface area contributed by atoms with E-state index >= 15 is 0 Å². The number of alkyl halides is 3. The van der Waals surface area contributed by atoms with Gasteiger partial charge < -0.3 is 5.11 Å². The molecular formula is C11H6Cl2F3N3O2. The van der Waals surface area contributed by atoms with Crippen LogP contribution in [0.1, 0.15) is 21.7 Å². The molecule has 1 N–H and O–H groups in total. The molecule has 1 aromatic carbocycles. The second-order valence-corrected chi connectivity index (χ2v) is 4.83. The first-order valence-electron chi connectivity index (χ1n) is 5.38. The maximum atomic E-state index is 13.0. The molecule has 0 spiro atoms. The molecular weight excluding hydrogens is 334 g/mol. The SMILES string of the molecule is O=C(O)c1nnn(Cc2ccc(Cl)cc2Cl)c1C(F)(F)F. The molecule has 0 saturated carbocycles. The number of nitrogens with zero attached hydrogens (tertiary/aromatic N) is 3. The van der Waals surface area contributed by atoms with Gasteiger partial charge in [-0.15, -0.1) is 5.10 Å². The van der Waals surface area contributed by atoms with E-state index in [1.54, 1.807) is 0 Å². The van der Waals surface area contributed by atoms with Crippen LogP contribution in [0.15, 0.2) is 18.2 Å². The number of aromatic nitrogens is 3. The number of rotatable bonds is 3. The van der Waals surface area contributed by atoms with Gasteiger partial charge in [-0.25, -0.2) is 9.48 Å². The van der Waals surface area contributed by atoms with E-state index in [2.05, 4.69) is 10.3 Å². The van der Waals surface area contributed by atoms with Crippen molar-refractivity contribution in [2.75, 3.05) is 0 Å². The van der Waals surface area contributed by atoms with Crippen molar-refractivity contribution in [3.63, 3.8) is 0 Å². The molecule has 0 aliphatic carbocycles. The fourth-order valence-electron chi connectivity index (χ4n) is 1.66. The van der Waals surface area contributed by atoms with Crippen LogP contribution in [-0.4, -0.2) is 26.1 Å². The van der Waals surface area contributed by atoms with Crippen LogP contribution < -0.4 is 0 Å². The fourth-order valence-corrected chi connectivity index (χ4v) is 2.13. The van der Waals surface area contributed by atoms with Gasteiger partial charge in [0.1, 0.15) is 0 Å². The van der Waals surface area contributed by atoms with E-state index in [1.807, 2.05) is 0 Å². The number of hydrogen-bond acceptors (Lipinski definition) is 3. The highest BCUT2D eigenvalue weighted by Gasteiger charge is 2.41. The zero-order chi connectivity index (χ0) is 15.8. The molecule has 0 atom stereocenters. The van der Waals surface area contributed by atoms with Crippen molar-refractivity contribution in [3.8, 4) is 0 Å². The van der Waals surface area contributed by atoms with Crippen LogP contribution in [0.25, 0.3) is 0 Å². The van der Waals surface area contributed by atoms with Gasteiger partial charge in [-0.05, 0) is 17.7 Å². The summed E-state index contributed by atoms with van der Waals surface area (Å²) in [6, 6.07) is 4.23. The lowest BCUT2D eigenvalue weighted by Crippen LogP contribution is -2.19. The predicted octanol–water partition coefficient (Wildman–Crippen LogP) is 3.35. The van der Waals surface area contributed by atoms with Gasteiger partial charge in [0.05, 0.1) is 6.54 Å².